The Morgan fingerprint density at radius 2 is 1.43 bits per heavy atom. The Labute approximate surface area is 219 Å². The molecule has 1 aliphatic heterocycles. The molecule has 0 spiro atoms. The van der Waals surface area contributed by atoms with Gasteiger partial charge in [-0.05, 0) is 42.4 Å². The molecule has 0 unspecified atom stereocenters. The second-order valence-electron chi connectivity index (χ2n) is 9.40. The van der Waals surface area contributed by atoms with Crippen molar-refractivity contribution < 1.29 is 22.7 Å². The summed E-state index contributed by atoms with van der Waals surface area (Å²) < 4.78 is 38.2. The van der Waals surface area contributed by atoms with E-state index in [4.69, 9.17) is 9.47 Å². The molecule has 196 valence electrons. The highest BCUT2D eigenvalue weighted by Crippen LogP contribution is 2.38. The van der Waals surface area contributed by atoms with Crippen LogP contribution in [0.1, 0.15) is 34.3 Å². The monoisotopic (exact) mass is 522 g/mol. The van der Waals surface area contributed by atoms with E-state index in [1.54, 1.807) is 12.1 Å². The van der Waals surface area contributed by atoms with Crippen LogP contribution in [-0.4, -0.2) is 52.8 Å². The molecule has 1 saturated heterocycles. The number of benzene rings is 3. The molecule has 1 aliphatic rings. The first-order valence-electron chi connectivity index (χ1n) is 12.4. The van der Waals surface area contributed by atoms with Crippen molar-refractivity contribution in [3.63, 3.8) is 0 Å². The molecule has 7 nitrogen and oxygen atoms in total. The van der Waals surface area contributed by atoms with Gasteiger partial charge in [-0.1, -0.05) is 60.7 Å². The summed E-state index contributed by atoms with van der Waals surface area (Å²) in [6, 6.07) is 22.9. The van der Waals surface area contributed by atoms with Crippen LogP contribution in [0.15, 0.2) is 72.8 Å². The van der Waals surface area contributed by atoms with E-state index in [0.29, 0.717) is 30.5 Å². The molecule has 4 rings (SSSR count). The number of sulfonamides is 1. The Morgan fingerprint density at radius 1 is 0.892 bits per heavy atom. The van der Waals surface area contributed by atoms with Crippen LogP contribution in [0.4, 0.5) is 5.69 Å². The maximum atomic E-state index is 13.8. The molecular formula is C29H34N2O5S. The fourth-order valence-electron chi connectivity index (χ4n) is 4.83. The molecule has 1 amide bonds. The lowest BCUT2D eigenvalue weighted by Gasteiger charge is -2.33. The molecule has 0 N–H and O–H groups in total. The topological polar surface area (TPSA) is 76.2 Å². The van der Waals surface area contributed by atoms with E-state index in [1.165, 1.54) is 24.1 Å². The molecule has 0 aromatic heterocycles. The zero-order chi connectivity index (χ0) is 26.4. The molecule has 8 heteroatoms. The lowest BCUT2D eigenvalue weighted by molar-refractivity contribution is 0.0691. The largest absolute Gasteiger partial charge is 0.493 e. The number of hydrogen-bond donors (Lipinski definition) is 0. The summed E-state index contributed by atoms with van der Waals surface area (Å²) >= 11 is 0. The van der Waals surface area contributed by atoms with Gasteiger partial charge in [0, 0.05) is 19.2 Å². The minimum Gasteiger partial charge on any atom is -0.493 e. The summed E-state index contributed by atoms with van der Waals surface area (Å²) in [6.45, 7) is 1.32. The second kappa shape index (κ2) is 11.7. The molecule has 0 radical (unpaired) electrons. The molecule has 0 bridgehead atoms. The van der Waals surface area contributed by atoms with Crippen LogP contribution < -0.4 is 13.8 Å². The van der Waals surface area contributed by atoms with Gasteiger partial charge < -0.3 is 14.4 Å². The van der Waals surface area contributed by atoms with Crippen LogP contribution in [0.2, 0.25) is 0 Å². The van der Waals surface area contributed by atoms with Gasteiger partial charge in [-0.15, -0.1) is 0 Å². The van der Waals surface area contributed by atoms with E-state index in [2.05, 4.69) is 24.3 Å². The van der Waals surface area contributed by atoms with Gasteiger partial charge in [-0.3, -0.25) is 9.10 Å². The first-order chi connectivity index (χ1) is 17.8. The number of methoxy groups -OCH3 is 2. The van der Waals surface area contributed by atoms with Gasteiger partial charge in [0.2, 0.25) is 10.0 Å². The normalized spacial score (nSPS) is 14.3. The number of piperidine rings is 1. The quantitative estimate of drug-likeness (QED) is 0.405. The Hall–Kier alpha value is -3.52. The van der Waals surface area contributed by atoms with Gasteiger partial charge in [-0.25, -0.2) is 8.42 Å². The van der Waals surface area contributed by atoms with Crippen molar-refractivity contribution in [2.24, 2.45) is 5.92 Å². The predicted octanol–water partition coefficient (Wildman–Crippen LogP) is 4.76. The molecule has 1 heterocycles. The number of hydrogen-bond acceptors (Lipinski definition) is 5. The Bertz CT molecular complexity index is 1300. The Balaban J connectivity index is 1.64. The van der Waals surface area contributed by atoms with Crippen molar-refractivity contribution in [1.29, 1.82) is 0 Å². The lowest BCUT2D eigenvalue weighted by atomic mass is 9.90. The molecule has 37 heavy (non-hydrogen) atoms. The SMILES string of the molecule is COc1cc(C(=O)N2CCC(Cc3ccccc3)CC2)c(N(Cc2ccccc2)S(C)(=O)=O)cc1OC. The van der Waals surface area contributed by atoms with Crippen LogP contribution in [0, 0.1) is 5.92 Å². The lowest BCUT2D eigenvalue weighted by Crippen LogP contribution is -2.40. The Kier molecular flexibility index (Phi) is 8.38. The summed E-state index contributed by atoms with van der Waals surface area (Å²) in [5, 5.41) is 0. The summed E-state index contributed by atoms with van der Waals surface area (Å²) in [6.07, 6.45) is 3.92. The van der Waals surface area contributed by atoms with Crippen LogP contribution in [0.3, 0.4) is 0 Å². The minimum absolute atomic E-state index is 0.0919. The summed E-state index contributed by atoms with van der Waals surface area (Å²) in [5.41, 5.74) is 2.67. The number of carbonyl (C=O) groups is 1. The average molecular weight is 523 g/mol. The van der Waals surface area contributed by atoms with Crippen LogP contribution in [0.25, 0.3) is 0 Å². The molecule has 3 aromatic carbocycles. The molecule has 0 aliphatic carbocycles. The van der Waals surface area contributed by atoms with Crippen molar-refractivity contribution in [3.05, 3.63) is 89.5 Å². The van der Waals surface area contributed by atoms with Crippen LogP contribution >= 0.6 is 0 Å². The van der Waals surface area contributed by atoms with Gasteiger partial charge >= 0.3 is 0 Å². The van der Waals surface area contributed by atoms with E-state index in [9.17, 15) is 13.2 Å². The van der Waals surface area contributed by atoms with Gasteiger partial charge in [0.05, 0.1) is 38.3 Å². The number of nitrogens with zero attached hydrogens (tertiary/aromatic N) is 2. The molecule has 0 atom stereocenters. The minimum atomic E-state index is -3.72. The third kappa shape index (κ3) is 6.43. The second-order valence-corrected chi connectivity index (χ2v) is 11.3. The standard InChI is InChI=1S/C29H34N2O5S/c1-35-27-19-25(29(32)30-16-14-23(15-17-30)18-22-10-6-4-7-11-22)26(20-28(27)36-2)31(37(3,33)34)21-24-12-8-5-9-13-24/h4-13,19-20,23H,14-18,21H2,1-3H3. The smallest absolute Gasteiger partial charge is 0.256 e. The van der Waals surface area contributed by atoms with E-state index in [1.807, 2.05) is 41.3 Å². The zero-order valence-corrected chi connectivity index (χ0v) is 22.4. The van der Waals surface area contributed by atoms with Crippen molar-refractivity contribution in [3.8, 4) is 11.5 Å². The van der Waals surface area contributed by atoms with Crippen molar-refractivity contribution >= 4 is 21.6 Å². The summed E-state index contributed by atoms with van der Waals surface area (Å²) in [7, 11) is -0.737. The number of carbonyl (C=O) groups excluding carboxylic acids is 1. The molecule has 3 aromatic rings. The number of likely N-dealkylation sites (tertiary alicyclic amines) is 1. The highest BCUT2D eigenvalue weighted by atomic mass is 32.2. The van der Waals surface area contributed by atoms with E-state index >= 15 is 0 Å². The Morgan fingerprint density at radius 3 is 1.97 bits per heavy atom. The number of ether oxygens (including phenoxy) is 2. The number of rotatable bonds is 9. The first-order valence-corrected chi connectivity index (χ1v) is 14.3. The van der Waals surface area contributed by atoms with E-state index in [-0.39, 0.29) is 23.7 Å². The van der Waals surface area contributed by atoms with Gasteiger partial charge in [0.1, 0.15) is 0 Å². The van der Waals surface area contributed by atoms with Crippen molar-refractivity contribution in [1.82, 2.24) is 4.90 Å². The zero-order valence-electron chi connectivity index (χ0n) is 21.6. The van der Waals surface area contributed by atoms with Crippen molar-refractivity contribution in [2.45, 2.75) is 25.8 Å². The third-order valence-corrected chi connectivity index (χ3v) is 7.97. The van der Waals surface area contributed by atoms with E-state index in [0.717, 1.165) is 31.1 Å². The van der Waals surface area contributed by atoms with Gasteiger partial charge in [-0.2, -0.15) is 0 Å². The number of anilines is 1. The van der Waals surface area contributed by atoms with E-state index < -0.39 is 10.0 Å². The van der Waals surface area contributed by atoms with Crippen LogP contribution in [0.5, 0.6) is 11.5 Å². The maximum absolute atomic E-state index is 13.8. The highest BCUT2D eigenvalue weighted by molar-refractivity contribution is 7.92. The van der Waals surface area contributed by atoms with Crippen LogP contribution in [-0.2, 0) is 23.0 Å². The predicted molar refractivity (Wildman–Crippen MR) is 146 cm³/mol. The number of amides is 1. The fourth-order valence-corrected chi connectivity index (χ4v) is 5.73. The fraction of sp³-hybridized carbons (Fsp3) is 0.345. The molecular weight excluding hydrogens is 488 g/mol. The average Bonchev–Trinajstić information content (AvgIpc) is 2.91. The summed E-state index contributed by atoms with van der Waals surface area (Å²) in [5.74, 6) is 1.02. The maximum Gasteiger partial charge on any atom is 0.256 e. The van der Waals surface area contributed by atoms with Gasteiger partial charge in [0.25, 0.3) is 5.91 Å². The highest BCUT2D eigenvalue weighted by Gasteiger charge is 2.30. The molecule has 0 saturated carbocycles. The summed E-state index contributed by atoms with van der Waals surface area (Å²) in [4.78, 5) is 15.7. The van der Waals surface area contributed by atoms with Gasteiger partial charge in [0.15, 0.2) is 11.5 Å². The molecule has 1 fully saturated rings. The third-order valence-electron chi connectivity index (χ3n) is 6.84. The van der Waals surface area contributed by atoms with Crippen molar-refractivity contribution in [2.75, 3.05) is 37.9 Å². The first kappa shape index (κ1) is 26.5.